The van der Waals surface area contributed by atoms with Gasteiger partial charge in [-0.05, 0) is 18.5 Å². The lowest BCUT2D eigenvalue weighted by atomic mass is 10.1. The Morgan fingerprint density at radius 1 is 1.31 bits per heavy atom. The molecule has 1 rings (SSSR count). The summed E-state index contributed by atoms with van der Waals surface area (Å²) in [5.74, 6) is 0. The highest BCUT2D eigenvalue weighted by Gasteiger charge is 2.04. The van der Waals surface area contributed by atoms with Crippen LogP contribution in [0, 0.1) is 0 Å². The standard InChI is InChI=1S/C11H17NO/c1-2-8-12-9-11(13)10-6-4-3-5-7-10/h3-7,11-13H,2,8-9H2,1H3/t11-/m1/s1. The van der Waals surface area contributed by atoms with Crippen LogP contribution in [0.2, 0.25) is 0 Å². The van der Waals surface area contributed by atoms with Gasteiger partial charge in [-0.3, -0.25) is 0 Å². The highest BCUT2D eigenvalue weighted by Crippen LogP contribution is 2.10. The van der Waals surface area contributed by atoms with Gasteiger partial charge in [0.1, 0.15) is 0 Å². The van der Waals surface area contributed by atoms with Gasteiger partial charge in [-0.15, -0.1) is 0 Å². The van der Waals surface area contributed by atoms with E-state index in [0.717, 1.165) is 18.5 Å². The first-order valence-electron chi connectivity index (χ1n) is 4.78. The minimum absolute atomic E-state index is 0.382. The molecule has 0 radical (unpaired) electrons. The van der Waals surface area contributed by atoms with Gasteiger partial charge < -0.3 is 10.4 Å². The van der Waals surface area contributed by atoms with E-state index in [1.165, 1.54) is 0 Å². The van der Waals surface area contributed by atoms with Gasteiger partial charge in [0.15, 0.2) is 0 Å². The largest absolute Gasteiger partial charge is 0.387 e. The summed E-state index contributed by atoms with van der Waals surface area (Å²) in [5, 5.41) is 12.9. The van der Waals surface area contributed by atoms with Crippen molar-refractivity contribution in [1.82, 2.24) is 5.32 Å². The Labute approximate surface area is 79.6 Å². The molecule has 1 aromatic carbocycles. The van der Waals surface area contributed by atoms with Crippen molar-refractivity contribution >= 4 is 0 Å². The summed E-state index contributed by atoms with van der Waals surface area (Å²) in [5.41, 5.74) is 0.978. The predicted octanol–water partition coefficient (Wildman–Crippen LogP) is 1.72. The molecular formula is C11H17NO. The second-order valence-electron chi connectivity index (χ2n) is 3.13. The lowest BCUT2D eigenvalue weighted by Gasteiger charge is -2.11. The molecule has 2 heteroatoms. The van der Waals surface area contributed by atoms with Gasteiger partial charge in [-0.1, -0.05) is 37.3 Å². The molecule has 0 aliphatic heterocycles. The van der Waals surface area contributed by atoms with Crippen molar-refractivity contribution in [3.8, 4) is 0 Å². The zero-order valence-corrected chi connectivity index (χ0v) is 8.03. The summed E-state index contributed by atoms with van der Waals surface area (Å²) >= 11 is 0. The van der Waals surface area contributed by atoms with E-state index in [-0.39, 0.29) is 6.10 Å². The fraction of sp³-hybridized carbons (Fsp3) is 0.455. The summed E-state index contributed by atoms with van der Waals surface area (Å²) in [6, 6.07) is 9.73. The minimum Gasteiger partial charge on any atom is -0.387 e. The van der Waals surface area contributed by atoms with Gasteiger partial charge in [0.05, 0.1) is 6.10 Å². The molecule has 0 fully saturated rings. The first-order chi connectivity index (χ1) is 6.34. The first kappa shape index (κ1) is 10.2. The molecule has 2 N–H and O–H groups in total. The average molecular weight is 179 g/mol. The number of benzene rings is 1. The van der Waals surface area contributed by atoms with Crippen LogP contribution >= 0.6 is 0 Å². The SMILES string of the molecule is CCCNC[C@@H](O)c1ccccc1. The molecule has 0 bridgehead atoms. The van der Waals surface area contributed by atoms with Crippen LogP contribution in [-0.2, 0) is 0 Å². The number of nitrogens with one attached hydrogen (secondary N) is 1. The van der Waals surface area contributed by atoms with Crippen LogP contribution in [0.15, 0.2) is 30.3 Å². The van der Waals surface area contributed by atoms with Gasteiger partial charge in [-0.2, -0.15) is 0 Å². The topological polar surface area (TPSA) is 32.3 Å². The molecule has 0 aliphatic carbocycles. The zero-order chi connectivity index (χ0) is 9.52. The highest BCUT2D eigenvalue weighted by atomic mass is 16.3. The number of aliphatic hydroxyl groups excluding tert-OH is 1. The number of hydrogen-bond donors (Lipinski definition) is 2. The van der Waals surface area contributed by atoms with Crippen molar-refractivity contribution in [2.24, 2.45) is 0 Å². The molecule has 1 atom stereocenters. The molecule has 13 heavy (non-hydrogen) atoms. The molecule has 0 saturated heterocycles. The van der Waals surface area contributed by atoms with Crippen molar-refractivity contribution in [1.29, 1.82) is 0 Å². The molecular weight excluding hydrogens is 162 g/mol. The van der Waals surface area contributed by atoms with Crippen LogP contribution < -0.4 is 5.32 Å². The third-order valence-electron chi connectivity index (χ3n) is 1.95. The van der Waals surface area contributed by atoms with E-state index in [4.69, 9.17) is 0 Å². The van der Waals surface area contributed by atoms with Crippen LogP contribution in [0.1, 0.15) is 25.0 Å². The maximum atomic E-state index is 9.68. The van der Waals surface area contributed by atoms with E-state index in [9.17, 15) is 5.11 Å². The van der Waals surface area contributed by atoms with Crippen molar-refractivity contribution in [2.75, 3.05) is 13.1 Å². The summed E-state index contributed by atoms with van der Waals surface area (Å²) in [4.78, 5) is 0. The van der Waals surface area contributed by atoms with Crippen LogP contribution in [0.3, 0.4) is 0 Å². The molecule has 0 aromatic heterocycles. The Morgan fingerprint density at radius 2 is 2.00 bits per heavy atom. The number of aliphatic hydroxyl groups is 1. The summed E-state index contributed by atoms with van der Waals surface area (Å²) in [7, 11) is 0. The van der Waals surface area contributed by atoms with Gasteiger partial charge >= 0.3 is 0 Å². The molecule has 0 unspecified atom stereocenters. The lowest BCUT2D eigenvalue weighted by molar-refractivity contribution is 0.175. The normalized spacial score (nSPS) is 12.8. The molecule has 2 nitrogen and oxygen atoms in total. The summed E-state index contributed by atoms with van der Waals surface area (Å²) in [6.45, 7) is 3.71. The highest BCUT2D eigenvalue weighted by molar-refractivity contribution is 5.17. The third-order valence-corrected chi connectivity index (χ3v) is 1.95. The Hall–Kier alpha value is -0.860. The van der Waals surface area contributed by atoms with Crippen molar-refractivity contribution in [3.05, 3.63) is 35.9 Å². The molecule has 0 spiro atoms. The quantitative estimate of drug-likeness (QED) is 0.674. The molecule has 0 heterocycles. The van der Waals surface area contributed by atoms with Crippen LogP contribution in [0.5, 0.6) is 0 Å². The monoisotopic (exact) mass is 179 g/mol. The van der Waals surface area contributed by atoms with E-state index in [0.29, 0.717) is 6.54 Å². The van der Waals surface area contributed by atoms with E-state index in [1.807, 2.05) is 30.3 Å². The summed E-state index contributed by atoms with van der Waals surface area (Å²) in [6.07, 6.45) is 0.717. The van der Waals surface area contributed by atoms with Gasteiger partial charge in [-0.25, -0.2) is 0 Å². The Balaban J connectivity index is 2.35. The van der Waals surface area contributed by atoms with Crippen molar-refractivity contribution in [3.63, 3.8) is 0 Å². The Kier molecular flexibility index (Phi) is 4.50. The molecule has 0 amide bonds. The van der Waals surface area contributed by atoms with Crippen molar-refractivity contribution < 1.29 is 5.11 Å². The smallest absolute Gasteiger partial charge is 0.0914 e. The van der Waals surface area contributed by atoms with Crippen LogP contribution in [-0.4, -0.2) is 18.2 Å². The van der Waals surface area contributed by atoms with Gasteiger partial charge in [0.2, 0.25) is 0 Å². The fourth-order valence-electron chi connectivity index (χ4n) is 1.21. The number of rotatable bonds is 5. The van der Waals surface area contributed by atoms with E-state index in [1.54, 1.807) is 0 Å². The molecule has 0 saturated carbocycles. The fourth-order valence-corrected chi connectivity index (χ4v) is 1.21. The Morgan fingerprint density at radius 3 is 2.62 bits per heavy atom. The minimum atomic E-state index is -0.382. The lowest BCUT2D eigenvalue weighted by Crippen LogP contribution is -2.21. The zero-order valence-electron chi connectivity index (χ0n) is 8.03. The summed E-state index contributed by atoms with van der Waals surface area (Å²) < 4.78 is 0. The van der Waals surface area contributed by atoms with Crippen LogP contribution in [0.25, 0.3) is 0 Å². The maximum absolute atomic E-state index is 9.68. The van der Waals surface area contributed by atoms with E-state index in [2.05, 4.69) is 12.2 Å². The second-order valence-corrected chi connectivity index (χ2v) is 3.13. The predicted molar refractivity (Wildman–Crippen MR) is 54.6 cm³/mol. The second kappa shape index (κ2) is 5.73. The molecule has 1 aromatic rings. The van der Waals surface area contributed by atoms with E-state index >= 15 is 0 Å². The molecule has 0 aliphatic rings. The van der Waals surface area contributed by atoms with Crippen LogP contribution in [0.4, 0.5) is 0 Å². The van der Waals surface area contributed by atoms with Gasteiger partial charge in [0, 0.05) is 6.54 Å². The van der Waals surface area contributed by atoms with Crippen molar-refractivity contribution in [2.45, 2.75) is 19.4 Å². The third kappa shape index (κ3) is 3.57. The van der Waals surface area contributed by atoms with Gasteiger partial charge in [0.25, 0.3) is 0 Å². The maximum Gasteiger partial charge on any atom is 0.0914 e. The Bertz CT molecular complexity index is 223. The first-order valence-corrected chi connectivity index (χ1v) is 4.78. The average Bonchev–Trinajstić information content (AvgIpc) is 2.19. The molecule has 72 valence electrons. The number of hydrogen-bond acceptors (Lipinski definition) is 2. The van der Waals surface area contributed by atoms with E-state index < -0.39 is 0 Å².